The number of unbranched alkanes of at least 4 members (excludes halogenated alkanes) is 3. The van der Waals surface area contributed by atoms with Crippen LogP contribution >= 0.6 is 0 Å². The fourth-order valence-electron chi connectivity index (χ4n) is 3.48. The van der Waals surface area contributed by atoms with Crippen LogP contribution in [-0.4, -0.2) is 0 Å². The lowest BCUT2D eigenvalue weighted by Gasteiger charge is -2.19. The molecular formula is C23H30. The molecule has 0 unspecified atom stereocenters. The van der Waals surface area contributed by atoms with Crippen LogP contribution in [0.3, 0.4) is 0 Å². The van der Waals surface area contributed by atoms with Gasteiger partial charge in [-0.1, -0.05) is 69.2 Å². The van der Waals surface area contributed by atoms with Gasteiger partial charge in [-0.3, -0.25) is 0 Å². The number of benzene rings is 2. The third-order valence-corrected chi connectivity index (χ3v) is 5.26. The second-order valence-corrected chi connectivity index (χ2v) is 7.41. The van der Waals surface area contributed by atoms with Gasteiger partial charge in [0.05, 0.1) is 0 Å². The van der Waals surface area contributed by atoms with Gasteiger partial charge in [0.15, 0.2) is 0 Å². The molecule has 0 bridgehead atoms. The maximum atomic E-state index is 2.44. The molecule has 0 fully saturated rings. The van der Waals surface area contributed by atoms with Gasteiger partial charge in [-0.05, 0) is 72.3 Å². The first-order valence-electron chi connectivity index (χ1n) is 9.42. The van der Waals surface area contributed by atoms with E-state index in [1.807, 2.05) is 0 Å². The van der Waals surface area contributed by atoms with Gasteiger partial charge < -0.3 is 0 Å². The van der Waals surface area contributed by atoms with Crippen LogP contribution in [0.2, 0.25) is 0 Å². The first-order valence-corrected chi connectivity index (χ1v) is 9.42. The Bertz CT molecular complexity index is 619. The Balaban J connectivity index is 1.31. The molecule has 0 aromatic heterocycles. The molecule has 122 valence electrons. The van der Waals surface area contributed by atoms with Gasteiger partial charge in [0.1, 0.15) is 0 Å². The molecule has 23 heavy (non-hydrogen) atoms. The smallest absolute Gasteiger partial charge is 0.0219 e. The van der Waals surface area contributed by atoms with Crippen LogP contribution in [0, 0.1) is 0 Å². The summed E-state index contributed by atoms with van der Waals surface area (Å²) < 4.78 is 0. The molecule has 0 amide bonds. The highest BCUT2D eigenvalue weighted by atomic mass is 14.2. The van der Waals surface area contributed by atoms with Crippen molar-refractivity contribution in [3.05, 3.63) is 70.3 Å². The molecule has 0 heterocycles. The maximum absolute atomic E-state index is 2.44. The summed E-state index contributed by atoms with van der Waals surface area (Å²) in [5.41, 5.74) is 7.68. The van der Waals surface area contributed by atoms with Crippen molar-refractivity contribution >= 4 is 0 Å². The van der Waals surface area contributed by atoms with Gasteiger partial charge in [0, 0.05) is 0 Å². The molecule has 0 radical (unpaired) electrons. The number of fused-ring (bicyclic) bond motifs is 1. The van der Waals surface area contributed by atoms with Gasteiger partial charge in [-0.15, -0.1) is 0 Å². The van der Waals surface area contributed by atoms with E-state index in [0.29, 0.717) is 5.92 Å². The van der Waals surface area contributed by atoms with E-state index in [-0.39, 0.29) is 0 Å². The monoisotopic (exact) mass is 306 g/mol. The summed E-state index contributed by atoms with van der Waals surface area (Å²) in [5.74, 6) is 0.638. The summed E-state index contributed by atoms with van der Waals surface area (Å²) in [7, 11) is 0. The van der Waals surface area contributed by atoms with Gasteiger partial charge in [0.25, 0.3) is 0 Å². The number of hydrogen-bond donors (Lipinski definition) is 0. The van der Waals surface area contributed by atoms with Crippen LogP contribution in [0.15, 0.2) is 42.5 Å². The van der Waals surface area contributed by atoms with Crippen molar-refractivity contribution in [1.82, 2.24) is 0 Å². The lowest BCUT2D eigenvalue weighted by Crippen LogP contribution is -2.08. The van der Waals surface area contributed by atoms with E-state index in [1.54, 1.807) is 16.7 Å². The summed E-state index contributed by atoms with van der Waals surface area (Å²) in [6.45, 7) is 4.52. The fourth-order valence-corrected chi connectivity index (χ4v) is 3.48. The summed E-state index contributed by atoms with van der Waals surface area (Å²) in [4.78, 5) is 0. The molecule has 2 aromatic rings. The molecule has 0 nitrogen and oxygen atoms in total. The largest absolute Gasteiger partial charge is 0.0588 e. The SMILES string of the molecule is CC(C)c1ccc(CCCCCCc2ccc3c(c2)CC3)cc1. The van der Waals surface area contributed by atoms with E-state index in [1.165, 1.54) is 62.5 Å². The van der Waals surface area contributed by atoms with Crippen LogP contribution in [0.25, 0.3) is 0 Å². The zero-order valence-electron chi connectivity index (χ0n) is 14.8. The normalized spacial score (nSPS) is 13.0. The molecule has 1 aliphatic carbocycles. The molecule has 0 spiro atoms. The number of aryl methyl sites for hydroxylation is 4. The molecule has 2 aromatic carbocycles. The van der Waals surface area contributed by atoms with Gasteiger partial charge in [0.2, 0.25) is 0 Å². The van der Waals surface area contributed by atoms with Gasteiger partial charge in [-0.25, -0.2) is 0 Å². The first-order chi connectivity index (χ1) is 11.2. The van der Waals surface area contributed by atoms with Crippen LogP contribution in [0.1, 0.15) is 73.3 Å². The Labute approximate surface area is 141 Å². The van der Waals surface area contributed by atoms with Crippen molar-refractivity contribution in [2.45, 2.75) is 71.1 Å². The third-order valence-electron chi connectivity index (χ3n) is 5.26. The number of hydrogen-bond acceptors (Lipinski definition) is 0. The van der Waals surface area contributed by atoms with Crippen molar-refractivity contribution < 1.29 is 0 Å². The minimum Gasteiger partial charge on any atom is -0.0588 e. The molecule has 0 aliphatic heterocycles. The number of rotatable bonds is 8. The summed E-state index contributed by atoms with van der Waals surface area (Å²) in [5, 5.41) is 0. The van der Waals surface area contributed by atoms with Crippen molar-refractivity contribution in [2.75, 3.05) is 0 Å². The van der Waals surface area contributed by atoms with Crippen LogP contribution in [0.5, 0.6) is 0 Å². The topological polar surface area (TPSA) is 0 Å². The molecule has 3 rings (SSSR count). The highest BCUT2D eigenvalue weighted by molar-refractivity contribution is 5.38. The Kier molecular flexibility index (Phi) is 5.54. The van der Waals surface area contributed by atoms with E-state index in [2.05, 4.69) is 56.3 Å². The summed E-state index contributed by atoms with van der Waals surface area (Å²) in [6, 6.07) is 16.3. The van der Waals surface area contributed by atoms with Crippen molar-refractivity contribution in [1.29, 1.82) is 0 Å². The quantitative estimate of drug-likeness (QED) is 0.505. The third kappa shape index (κ3) is 4.47. The van der Waals surface area contributed by atoms with Crippen LogP contribution in [-0.2, 0) is 25.7 Å². The Morgan fingerprint density at radius 2 is 1.30 bits per heavy atom. The fraction of sp³-hybridized carbons (Fsp3) is 0.478. The van der Waals surface area contributed by atoms with E-state index >= 15 is 0 Å². The van der Waals surface area contributed by atoms with E-state index in [0.717, 1.165) is 0 Å². The Morgan fingerprint density at radius 3 is 1.87 bits per heavy atom. The van der Waals surface area contributed by atoms with E-state index < -0.39 is 0 Å². The predicted molar refractivity (Wildman–Crippen MR) is 100 cm³/mol. The first kappa shape index (κ1) is 16.3. The molecule has 1 aliphatic rings. The lowest BCUT2D eigenvalue weighted by atomic mass is 9.86. The lowest BCUT2D eigenvalue weighted by molar-refractivity contribution is 0.639. The average molecular weight is 306 g/mol. The molecule has 0 saturated heterocycles. The minimum absolute atomic E-state index is 0.638. The molecule has 0 heteroatoms. The molecule has 0 saturated carbocycles. The van der Waals surface area contributed by atoms with Crippen LogP contribution < -0.4 is 0 Å². The zero-order chi connectivity index (χ0) is 16.1. The van der Waals surface area contributed by atoms with E-state index in [9.17, 15) is 0 Å². The second-order valence-electron chi connectivity index (χ2n) is 7.41. The molecule has 0 N–H and O–H groups in total. The van der Waals surface area contributed by atoms with Crippen LogP contribution in [0.4, 0.5) is 0 Å². The highest BCUT2D eigenvalue weighted by Crippen LogP contribution is 2.24. The average Bonchev–Trinajstić information content (AvgIpc) is 2.53. The highest BCUT2D eigenvalue weighted by Gasteiger charge is 2.12. The second kappa shape index (κ2) is 7.81. The predicted octanol–water partition coefficient (Wildman–Crippen LogP) is 6.25. The van der Waals surface area contributed by atoms with Gasteiger partial charge >= 0.3 is 0 Å². The van der Waals surface area contributed by atoms with Crippen molar-refractivity contribution in [3.63, 3.8) is 0 Å². The van der Waals surface area contributed by atoms with Crippen molar-refractivity contribution in [2.24, 2.45) is 0 Å². The zero-order valence-corrected chi connectivity index (χ0v) is 14.8. The summed E-state index contributed by atoms with van der Waals surface area (Å²) >= 11 is 0. The van der Waals surface area contributed by atoms with E-state index in [4.69, 9.17) is 0 Å². The Hall–Kier alpha value is -1.56. The van der Waals surface area contributed by atoms with Gasteiger partial charge in [-0.2, -0.15) is 0 Å². The minimum atomic E-state index is 0.638. The maximum Gasteiger partial charge on any atom is -0.0219 e. The van der Waals surface area contributed by atoms with Crippen molar-refractivity contribution in [3.8, 4) is 0 Å². The molecular weight excluding hydrogens is 276 g/mol. The summed E-state index contributed by atoms with van der Waals surface area (Å²) in [6.07, 6.45) is 10.5. The Morgan fingerprint density at radius 1 is 0.696 bits per heavy atom. The standard InChI is InChI=1S/C23H30/c1-18(2)21-12-9-19(10-13-21)7-5-3-4-6-8-20-11-14-22-15-16-23(22)17-20/h9-14,17-18H,3-8,15-16H2,1-2H3. The molecule has 0 atom stereocenters.